The van der Waals surface area contributed by atoms with Crippen molar-refractivity contribution in [2.45, 2.75) is 50.4 Å². The number of hydrogen-bond acceptors (Lipinski definition) is 5. The highest BCUT2D eigenvalue weighted by Crippen LogP contribution is 2.43. The number of aromatic amines is 3. The minimum atomic E-state index is -0.211. The first-order valence-electron chi connectivity index (χ1n) is 13.7. The largest absolute Gasteiger partial charge is 0.381 e. The van der Waals surface area contributed by atoms with E-state index in [4.69, 9.17) is 9.72 Å². The number of rotatable bonds is 5. The molecule has 1 aliphatic carbocycles. The Morgan fingerprint density at radius 2 is 1.86 bits per heavy atom. The van der Waals surface area contributed by atoms with Gasteiger partial charge in [0, 0.05) is 43.0 Å². The Morgan fingerprint density at radius 1 is 1.05 bits per heavy atom. The van der Waals surface area contributed by atoms with Gasteiger partial charge >= 0.3 is 0 Å². The second-order valence-electron chi connectivity index (χ2n) is 11.1. The number of nitrogens with one attached hydrogen (secondary N) is 3. The van der Waals surface area contributed by atoms with E-state index in [2.05, 4.69) is 44.1 Å². The van der Waals surface area contributed by atoms with Gasteiger partial charge in [-0.2, -0.15) is 5.26 Å². The standard InChI is InChI=1S/C29H32N6O2/c30-14-21-22-15-31-29(36)25(27(22)34-26(21)19-1-2-19)28-32-23-4-3-20(13-24(23)33-28)18-5-9-35(10-6-18)16-17-7-11-37-12-8-17/h3-4,13,15,17-19,34H,1-2,5-12,16H2,(H,31,36)(H,32,33). The first-order valence-corrected chi connectivity index (χ1v) is 13.7. The first-order chi connectivity index (χ1) is 18.2. The van der Waals surface area contributed by atoms with Gasteiger partial charge in [-0.1, -0.05) is 6.07 Å². The third-order valence-electron chi connectivity index (χ3n) is 8.65. The molecule has 0 spiro atoms. The molecule has 0 bridgehead atoms. The lowest BCUT2D eigenvalue weighted by atomic mass is 9.88. The molecule has 3 fully saturated rings. The van der Waals surface area contributed by atoms with E-state index < -0.39 is 0 Å². The zero-order valence-corrected chi connectivity index (χ0v) is 21.0. The molecule has 3 aliphatic rings. The van der Waals surface area contributed by atoms with Gasteiger partial charge in [-0.05, 0) is 81.1 Å². The van der Waals surface area contributed by atoms with Gasteiger partial charge in [-0.3, -0.25) is 4.79 Å². The van der Waals surface area contributed by atoms with E-state index in [1.54, 1.807) is 6.20 Å². The molecule has 0 atom stereocenters. The average Bonchev–Trinajstić information content (AvgIpc) is 3.58. The Balaban J connectivity index is 1.15. The van der Waals surface area contributed by atoms with Crippen molar-refractivity contribution in [2.24, 2.45) is 5.92 Å². The Morgan fingerprint density at radius 3 is 2.62 bits per heavy atom. The highest BCUT2D eigenvalue weighted by atomic mass is 16.5. The van der Waals surface area contributed by atoms with Crippen LogP contribution < -0.4 is 5.56 Å². The minimum Gasteiger partial charge on any atom is -0.381 e. The molecular formula is C29H32N6O2. The maximum Gasteiger partial charge on any atom is 0.261 e. The Bertz CT molecular complexity index is 1560. The van der Waals surface area contributed by atoms with Crippen molar-refractivity contribution >= 4 is 21.9 Å². The van der Waals surface area contributed by atoms with Crippen LogP contribution in [-0.4, -0.2) is 57.7 Å². The van der Waals surface area contributed by atoms with E-state index in [1.807, 2.05) is 0 Å². The van der Waals surface area contributed by atoms with Crippen LogP contribution in [0, 0.1) is 17.2 Å². The summed E-state index contributed by atoms with van der Waals surface area (Å²) < 4.78 is 5.52. The molecule has 3 aromatic heterocycles. The molecule has 1 aromatic carbocycles. The van der Waals surface area contributed by atoms with E-state index in [0.717, 1.165) is 80.0 Å². The lowest BCUT2D eigenvalue weighted by Crippen LogP contribution is -2.38. The second kappa shape index (κ2) is 9.16. The fourth-order valence-corrected chi connectivity index (χ4v) is 6.37. The van der Waals surface area contributed by atoms with Gasteiger partial charge in [0.25, 0.3) is 5.56 Å². The van der Waals surface area contributed by atoms with Gasteiger partial charge in [0.15, 0.2) is 0 Å². The number of nitrogens with zero attached hydrogens (tertiary/aromatic N) is 3. The van der Waals surface area contributed by atoms with Crippen molar-refractivity contribution in [3.63, 3.8) is 0 Å². The highest BCUT2D eigenvalue weighted by molar-refractivity contribution is 5.97. The lowest BCUT2D eigenvalue weighted by molar-refractivity contribution is 0.0488. The maximum atomic E-state index is 13.0. The summed E-state index contributed by atoms with van der Waals surface area (Å²) in [5, 5.41) is 10.5. The average molecular weight is 497 g/mol. The summed E-state index contributed by atoms with van der Waals surface area (Å²) in [4.78, 5) is 30.0. The SMILES string of the molecule is N#Cc1c(C2CC2)[nH]c2c(-c3nc4ccc(C5CCN(CC6CCOCC6)CC5)cc4[nH]3)c(=O)[nH]cc12. The topological polar surface area (TPSA) is 114 Å². The molecule has 5 heterocycles. The van der Waals surface area contributed by atoms with Crippen LogP contribution in [0.1, 0.15) is 67.2 Å². The number of pyridine rings is 1. The van der Waals surface area contributed by atoms with E-state index in [1.165, 1.54) is 24.9 Å². The van der Waals surface area contributed by atoms with Crippen LogP contribution in [-0.2, 0) is 4.74 Å². The van der Waals surface area contributed by atoms with E-state index in [9.17, 15) is 10.1 Å². The lowest BCUT2D eigenvalue weighted by Gasteiger charge is -2.35. The Kier molecular flexibility index (Phi) is 5.63. The van der Waals surface area contributed by atoms with E-state index >= 15 is 0 Å². The van der Waals surface area contributed by atoms with Gasteiger partial charge in [0.2, 0.25) is 0 Å². The van der Waals surface area contributed by atoms with Crippen LogP contribution in [0.5, 0.6) is 0 Å². The smallest absolute Gasteiger partial charge is 0.261 e. The predicted octanol–water partition coefficient (Wildman–Crippen LogP) is 4.75. The van der Waals surface area contributed by atoms with Gasteiger partial charge in [-0.25, -0.2) is 4.98 Å². The van der Waals surface area contributed by atoms with Crippen molar-refractivity contribution < 1.29 is 4.74 Å². The summed E-state index contributed by atoms with van der Waals surface area (Å²) in [7, 11) is 0. The molecule has 2 saturated heterocycles. The maximum absolute atomic E-state index is 13.0. The molecule has 0 amide bonds. The number of H-pyrrole nitrogens is 3. The first kappa shape index (κ1) is 22.8. The molecule has 2 aliphatic heterocycles. The van der Waals surface area contributed by atoms with Gasteiger partial charge < -0.3 is 24.6 Å². The molecule has 0 radical (unpaired) electrons. The number of hydrogen-bond donors (Lipinski definition) is 3. The van der Waals surface area contributed by atoms with Gasteiger partial charge in [0.05, 0.1) is 22.1 Å². The summed E-state index contributed by atoms with van der Waals surface area (Å²) in [5.74, 6) is 2.24. The molecule has 1 saturated carbocycles. The molecule has 37 heavy (non-hydrogen) atoms. The van der Waals surface area contributed by atoms with Gasteiger partial charge in [0.1, 0.15) is 17.5 Å². The van der Waals surface area contributed by atoms with Crippen LogP contribution in [0.25, 0.3) is 33.3 Å². The second-order valence-corrected chi connectivity index (χ2v) is 11.1. The van der Waals surface area contributed by atoms with Crippen molar-refractivity contribution in [2.75, 3.05) is 32.8 Å². The molecular weight excluding hydrogens is 464 g/mol. The zero-order chi connectivity index (χ0) is 24.9. The van der Waals surface area contributed by atoms with Crippen molar-refractivity contribution in [1.82, 2.24) is 24.8 Å². The number of imidazole rings is 1. The van der Waals surface area contributed by atoms with Crippen LogP contribution in [0.4, 0.5) is 0 Å². The zero-order valence-electron chi connectivity index (χ0n) is 21.0. The molecule has 8 nitrogen and oxygen atoms in total. The quantitative estimate of drug-likeness (QED) is 0.369. The number of piperidine rings is 1. The Labute approximate surface area is 215 Å². The van der Waals surface area contributed by atoms with E-state index in [-0.39, 0.29) is 5.56 Å². The van der Waals surface area contributed by atoms with Crippen LogP contribution in [0.2, 0.25) is 0 Å². The summed E-state index contributed by atoms with van der Waals surface area (Å²) in [5.41, 5.74) is 5.67. The van der Waals surface area contributed by atoms with Gasteiger partial charge in [-0.15, -0.1) is 0 Å². The molecule has 7 rings (SSSR count). The number of aromatic nitrogens is 4. The summed E-state index contributed by atoms with van der Waals surface area (Å²) in [6, 6.07) is 8.82. The Hall–Kier alpha value is -3.41. The fraction of sp³-hybridized carbons (Fsp3) is 0.483. The molecule has 190 valence electrons. The summed E-state index contributed by atoms with van der Waals surface area (Å²) >= 11 is 0. The van der Waals surface area contributed by atoms with Crippen LogP contribution in [0.3, 0.4) is 0 Å². The number of ether oxygens (including phenoxy) is 1. The van der Waals surface area contributed by atoms with Crippen LogP contribution in [0.15, 0.2) is 29.2 Å². The van der Waals surface area contributed by atoms with Crippen molar-refractivity contribution in [1.29, 1.82) is 5.26 Å². The summed E-state index contributed by atoms with van der Waals surface area (Å²) in [6.45, 7) is 5.32. The van der Waals surface area contributed by atoms with Crippen molar-refractivity contribution in [3.05, 3.63) is 51.6 Å². The summed E-state index contributed by atoms with van der Waals surface area (Å²) in [6.07, 6.45) is 8.52. The van der Waals surface area contributed by atoms with Crippen LogP contribution >= 0.6 is 0 Å². The van der Waals surface area contributed by atoms with Crippen molar-refractivity contribution in [3.8, 4) is 17.5 Å². The predicted molar refractivity (Wildman–Crippen MR) is 143 cm³/mol. The fourth-order valence-electron chi connectivity index (χ4n) is 6.37. The number of likely N-dealkylation sites (tertiary alicyclic amines) is 1. The molecule has 8 heteroatoms. The molecule has 0 unspecified atom stereocenters. The third-order valence-corrected chi connectivity index (χ3v) is 8.65. The minimum absolute atomic E-state index is 0.211. The number of nitriles is 1. The normalized spacial score (nSPS) is 20.1. The number of fused-ring (bicyclic) bond motifs is 2. The number of benzene rings is 1. The monoisotopic (exact) mass is 496 g/mol. The molecule has 4 aromatic rings. The van der Waals surface area contributed by atoms with E-state index in [0.29, 0.717) is 34.3 Å². The molecule has 3 N–H and O–H groups in total. The highest BCUT2D eigenvalue weighted by Gasteiger charge is 2.30. The third kappa shape index (κ3) is 4.16.